The molecule has 3 saturated heterocycles. The molecule has 3 aliphatic heterocycles. The predicted molar refractivity (Wildman–Crippen MR) is 156 cm³/mol. The minimum absolute atomic E-state index is 0.0640. The number of carbonyl (C=O) groups is 1. The molecule has 0 saturated carbocycles. The van der Waals surface area contributed by atoms with Crippen molar-refractivity contribution in [2.24, 2.45) is 0 Å². The number of fused-ring (bicyclic) bond motifs is 3. The van der Waals surface area contributed by atoms with Gasteiger partial charge in [0.25, 0.3) is 5.91 Å². The van der Waals surface area contributed by atoms with Gasteiger partial charge in [0.2, 0.25) is 0 Å². The van der Waals surface area contributed by atoms with Crippen LogP contribution in [0.4, 0.5) is 19.0 Å². The molecule has 226 valence electrons. The predicted octanol–water partition coefficient (Wildman–Crippen LogP) is 4.52. The highest BCUT2D eigenvalue weighted by Gasteiger charge is 2.49. The summed E-state index contributed by atoms with van der Waals surface area (Å²) in [7, 11) is 0. The first-order chi connectivity index (χ1) is 21.3. The summed E-state index contributed by atoms with van der Waals surface area (Å²) in [5.74, 6) is 0.265. The highest BCUT2D eigenvalue weighted by atomic mass is 19.1. The molecular formula is C32H28F3N5O4. The number of hydrogen-bond donors (Lipinski definition) is 1. The van der Waals surface area contributed by atoms with Crippen LogP contribution in [0.3, 0.4) is 0 Å². The monoisotopic (exact) mass is 603 g/mol. The molecule has 0 aliphatic carbocycles. The molecule has 9 nitrogen and oxygen atoms in total. The smallest absolute Gasteiger partial charge is 0.319 e. The largest absolute Gasteiger partial charge is 0.508 e. The number of hydrogen-bond acceptors (Lipinski definition) is 8. The minimum Gasteiger partial charge on any atom is -0.508 e. The summed E-state index contributed by atoms with van der Waals surface area (Å²) in [6.07, 6.45) is 8.48. The number of terminal acetylenes is 1. The van der Waals surface area contributed by atoms with Crippen LogP contribution < -0.4 is 9.64 Å². The summed E-state index contributed by atoms with van der Waals surface area (Å²) in [5, 5.41) is 11.2. The topological polar surface area (TPSA) is 101 Å². The summed E-state index contributed by atoms with van der Waals surface area (Å²) in [6, 6.07) is 5.09. The molecule has 1 N–H and O–H groups in total. The number of aromatic nitrogens is 3. The number of rotatable bonds is 5. The molecule has 2 atom stereocenters. The lowest BCUT2D eigenvalue weighted by Gasteiger charge is -2.31. The van der Waals surface area contributed by atoms with E-state index in [4.69, 9.17) is 15.9 Å². The normalized spacial score (nSPS) is 22.4. The van der Waals surface area contributed by atoms with Gasteiger partial charge in [-0.25, -0.2) is 13.2 Å². The Morgan fingerprint density at radius 3 is 2.91 bits per heavy atom. The second-order valence-electron chi connectivity index (χ2n) is 11.5. The van der Waals surface area contributed by atoms with Gasteiger partial charge in [0.15, 0.2) is 11.6 Å². The molecule has 1 amide bonds. The highest BCUT2D eigenvalue weighted by molar-refractivity contribution is 6.05. The van der Waals surface area contributed by atoms with Gasteiger partial charge in [-0.1, -0.05) is 12.0 Å². The number of anilines is 1. The summed E-state index contributed by atoms with van der Waals surface area (Å²) in [4.78, 5) is 29.8. The maximum Gasteiger partial charge on any atom is 0.319 e. The van der Waals surface area contributed by atoms with Crippen LogP contribution in [0.25, 0.3) is 32.9 Å². The van der Waals surface area contributed by atoms with E-state index in [1.807, 2.05) is 0 Å². The second-order valence-corrected chi connectivity index (χ2v) is 11.5. The number of carbonyl (C=O) groups excluding carboxylic acids is 1. The molecular weight excluding hydrogens is 575 g/mol. The molecule has 2 aromatic carbocycles. The van der Waals surface area contributed by atoms with Gasteiger partial charge >= 0.3 is 6.01 Å². The fraction of sp³-hybridized carbons (Fsp3) is 0.375. The van der Waals surface area contributed by atoms with E-state index in [9.17, 15) is 18.7 Å². The van der Waals surface area contributed by atoms with Gasteiger partial charge < -0.3 is 14.6 Å². The molecule has 7 rings (SSSR count). The number of phenols is 1. The van der Waals surface area contributed by atoms with Gasteiger partial charge in [0.05, 0.1) is 16.5 Å². The molecule has 4 aromatic rings. The Labute approximate surface area is 250 Å². The SMILES string of the molecule is C#Cc1c(F)ccc2cc(O)cc(-c3ncc4c(N5CCCOCC5=O)nc(OC[C@@]56CCCN5C[C@H](F)C6)nc4c3F)c12. The van der Waals surface area contributed by atoms with Crippen LogP contribution in [0.5, 0.6) is 11.8 Å². The zero-order chi connectivity index (χ0) is 30.6. The molecule has 44 heavy (non-hydrogen) atoms. The number of phenolic OH excluding ortho intramolecular Hbond substituents is 1. The van der Waals surface area contributed by atoms with Gasteiger partial charge in [-0.05, 0) is 49.4 Å². The van der Waals surface area contributed by atoms with E-state index in [-0.39, 0.29) is 76.4 Å². The third-order valence-corrected chi connectivity index (χ3v) is 8.78. The van der Waals surface area contributed by atoms with Crippen molar-refractivity contribution in [1.29, 1.82) is 0 Å². The van der Waals surface area contributed by atoms with E-state index >= 15 is 4.39 Å². The summed E-state index contributed by atoms with van der Waals surface area (Å²) < 4.78 is 57.3. The van der Waals surface area contributed by atoms with Crippen LogP contribution in [-0.2, 0) is 9.53 Å². The third kappa shape index (κ3) is 4.67. The zero-order valence-electron chi connectivity index (χ0n) is 23.7. The first-order valence-electron chi connectivity index (χ1n) is 14.5. The van der Waals surface area contributed by atoms with Crippen molar-refractivity contribution < 1.29 is 32.5 Å². The van der Waals surface area contributed by atoms with E-state index in [1.54, 1.807) is 0 Å². The van der Waals surface area contributed by atoms with Gasteiger partial charge in [0, 0.05) is 43.3 Å². The van der Waals surface area contributed by atoms with Gasteiger partial charge in [-0.2, -0.15) is 9.97 Å². The highest BCUT2D eigenvalue weighted by Crippen LogP contribution is 2.41. The fourth-order valence-corrected chi connectivity index (χ4v) is 6.79. The van der Waals surface area contributed by atoms with Crippen LogP contribution in [0.2, 0.25) is 0 Å². The quantitative estimate of drug-likeness (QED) is 0.333. The van der Waals surface area contributed by atoms with Crippen molar-refractivity contribution in [3.63, 3.8) is 0 Å². The molecule has 0 radical (unpaired) electrons. The average molecular weight is 604 g/mol. The van der Waals surface area contributed by atoms with E-state index in [1.165, 1.54) is 35.4 Å². The molecule has 12 heteroatoms. The lowest BCUT2D eigenvalue weighted by Crippen LogP contribution is -2.43. The lowest BCUT2D eigenvalue weighted by atomic mass is 9.95. The number of nitrogens with zero attached hydrogens (tertiary/aromatic N) is 5. The number of alkyl halides is 1. The molecule has 3 aliphatic rings. The van der Waals surface area contributed by atoms with E-state index in [2.05, 4.69) is 25.8 Å². The Balaban J connectivity index is 1.40. The van der Waals surface area contributed by atoms with Crippen LogP contribution in [0.1, 0.15) is 31.2 Å². The van der Waals surface area contributed by atoms with E-state index < -0.39 is 23.3 Å². The lowest BCUT2D eigenvalue weighted by molar-refractivity contribution is -0.122. The summed E-state index contributed by atoms with van der Waals surface area (Å²) in [5.41, 5.74) is -0.988. The second kappa shape index (κ2) is 10.9. The molecule has 2 aromatic heterocycles. The maximum absolute atomic E-state index is 16.6. The first kappa shape index (κ1) is 28.3. The Kier molecular flexibility index (Phi) is 7.02. The number of pyridine rings is 1. The van der Waals surface area contributed by atoms with Crippen LogP contribution in [0, 0.1) is 24.0 Å². The van der Waals surface area contributed by atoms with Crippen LogP contribution >= 0.6 is 0 Å². The summed E-state index contributed by atoms with van der Waals surface area (Å²) in [6.45, 7) is 1.64. The minimum atomic E-state index is -0.970. The van der Waals surface area contributed by atoms with Crippen molar-refractivity contribution >= 4 is 33.4 Å². The number of aromatic hydroxyl groups is 1. The van der Waals surface area contributed by atoms with Crippen LogP contribution in [0.15, 0.2) is 30.5 Å². The third-order valence-electron chi connectivity index (χ3n) is 8.78. The van der Waals surface area contributed by atoms with E-state index in [0.29, 0.717) is 31.4 Å². The molecule has 5 heterocycles. The van der Waals surface area contributed by atoms with E-state index in [0.717, 1.165) is 19.4 Å². The van der Waals surface area contributed by atoms with Gasteiger partial charge in [-0.15, -0.1) is 6.42 Å². The molecule has 0 spiro atoms. The zero-order valence-corrected chi connectivity index (χ0v) is 23.7. The number of ether oxygens (including phenoxy) is 2. The van der Waals surface area contributed by atoms with Crippen molar-refractivity contribution in [2.75, 3.05) is 44.4 Å². The maximum atomic E-state index is 16.6. The Morgan fingerprint density at radius 2 is 2.07 bits per heavy atom. The van der Waals surface area contributed by atoms with Crippen molar-refractivity contribution in [2.45, 2.75) is 37.4 Å². The number of halogens is 3. The molecule has 3 fully saturated rings. The Hall–Kier alpha value is -4.47. The number of amides is 1. The average Bonchev–Trinajstić information content (AvgIpc) is 3.44. The Morgan fingerprint density at radius 1 is 1.20 bits per heavy atom. The number of benzene rings is 2. The van der Waals surface area contributed by atoms with Crippen LogP contribution in [-0.4, -0.2) is 82.0 Å². The standard InChI is InChI=1S/C32H28F3N5O4/c1-2-21-24(34)6-5-18-11-20(41)12-22(26(18)21)28-27(35)29-23(14-36-28)30(40-9-4-10-43-16-25(40)42)38-31(37-29)44-17-32-7-3-8-39(32)15-19(33)13-32/h1,5-6,11-12,14,19,41H,3-4,7-10,13,15-17H2/t19-,32+/m1/s1. The molecule has 0 bridgehead atoms. The van der Waals surface area contributed by atoms with Gasteiger partial charge in [-0.3, -0.25) is 19.6 Å². The Bertz CT molecular complexity index is 1860. The fourth-order valence-electron chi connectivity index (χ4n) is 6.79. The summed E-state index contributed by atoms with van der Waals surface area (Å²) >= 11 is 0. The van der Waals surface area contributed by atoms with Gasteiger partial charge in [0.1, 0.15) is 42.2 Å². The first-order valence-corrected chi connectivity index (χ1v) is 14.5. The van der Waals surface area contributed by atoms with Crippen molar-refractivity contribution in [3.8, 4) is 35.4 Å². The van der Waals surface area contributed by atoms with Crippen molar-refractivity contribution in [3.05, 3.63) is 47.7 Å². The molecule has 0 unspecified atom stereocenters. The van der Waals surface area contributed by atoms with Crippen molar-refractivity contribution in [1.82, 2.24) is 19.9 Å².